The number of carboxylic acid groups (broad SMARTS) is 1. The lowest BCUT2D eigenvalue weighted by molar-refractivity contribution is -0.151. The Kier molecular flexibility index (Phi) is 6.78. The van der Waals surface area contributed by atoms with Gasteiger partial charge in [0.1, 0.15) is 0 Å². The Hall–Kier alpha value is -1.30. The largest absolute Gasteiger partial charge is 0.481 e. The number of likely N-dealkylation sites (tertiary alicyclic amines) is 1. The van der Waals surface area contributed by atoms with E-state index in [1.54, 1.807) is 4.90 Å². The van der Waals surface area contributed by atoms with Crippen molar-refractivity contribution >= 4 is 12.0 Å². The Morgan fingerprint density at radius 2 is 1.85 bits per heavy atom. The Balaban J connectivity index is 2.30. The zero-order chi connectivity index (χ0) is 15.0. The molecule has 0 aromatic carbocycles. The first-order valence-corrected chi connectivity index (χ1v) is 7.52. The summed E-state index contributed by atoms with van der Waals surface area (Å²) in [4.78, 5) is 25.0. The third-order valence-electron chi connectivity index (χ3n) is 4.19. The molecule has 1 fully saturated rings. The topological polar surface area (TPSA) is 81.7 Å². The Morgan fingerprint density at radius 1 is 1.20 bits per heavy atom. The lowest BCUT2D eigenvalue weighted by Crippen LogP contribution is -2.49. The number of aliphatic carboxylic acids is 1. The molecule has 0 aromatic rings. The number of urea groups is 1. The molecule has 3 N–H and O–H groups in total. The van der Waals surface area contributed by atoms with Crippen LogP contribution in [0.25, 0.3) is 0 Å². The first-order valence-electron chi connectivity index (χ1n) is 7.52. The molecule has 20 heavy (non-hydrogen) atoms. The number of hydrogen-bond acceptors (Lipinski definition) is 3. The summed E-state index contributed by atoms with van der Waals surface area (Å²) in [6.07, 6.45) is 2.62. The van der Waals surface area contributed by atoms with Crippen LogP contribution in [0.1, 0.15) is 39.5 Å². The van der Waals surface area contributed by atoms with Gasteiger partial charge in [0.25, 0.3) is 0 Å². The quantitative estimate of drug-likeness (QED) is 0.615. The van der Waals surface area contributed by atoms with Crippen LogP contribution in [0.15, 0.2) is 0 Å². The Bertz CT molecular complexity index is 326. The van der Waals surface area contributed by atoms with Crippen molar-refractivity contribution in [3.63, 3.8) is 0 Å². The minimum Gasteiger partial charge on any atom is -0.481 e. The van der Waals surface area contributed by atoms with Gasteiger partial charge in [-0.2, -0.15) is 0 Å². The van der Waals surface area contributed by atoms with Crippen molar-refractivity contribution in [3.8, 4) is 0 Å². The van der Waals surface area contributed by atoms with Gasteiger partial charge < -0.3 is 20.6 Å². The predicted octanol–water partition coefficient (Wildman–Crippen LogP) is 1.27. The normalized spacial score (nSPS) is 17.8. The molecule has 1 saturated heterocycles. The number of amides is 2. The number of hydrogen-bond donors (Lipinski definition) is 3. The second-order valence-corrected chi connectivity index (χ2v) is 5.37. The molecular formula is C14H27N3O3. The van der Waals surface area contributed by atoms with Gasteiger partial charge in [0.15, 0.2) is 0 Å². The number of carbonyl (C=O) groups excluding carboxylic acids is 1. The second kappa shape index (κ2) is 8.09. The molecule has 2 amide bonds. The minimum atomic E-state index is -0.731. The molecule has 0 saturated carbocycles. The van der Waals surface area contributed by atoms with Crippen LogP contribution in [-0.4, -0.2) is 54.7 Å². The summed E-state index contributed by atoms with van der Waals surface area (Å²) < 4.78 is 0. The molecule has 0 radical (unpaired) electrons. The number of carbonyl (C=O) groups is 2. The first kappa shape index (κ1) is 16.8. The molecule has 6 heteroatoms. The highest BCUT2D eigenvalue weighted by Crippen LogP contribution is 2.35. The maximum absolute atomic E-state index is 11.9. The maximum atomic E-state index is 11.9. The molecular weight excluding hydrogens is 258 g/mol. The van der Waals surface area contributed by atoms with Gasteiger partial charge in [-0.1, -0.05) is 13.8 Å². The van der Waals surface area contributed by atoms with Gasteiger partial charge in [0, 0.05) is 19.6 Å². The summed E-state index contributed by atoms with van der Waals surface area (Å²) in [6, 6.07) is -0.0726. The fraction of sp³-hybridized carbons (Fsp3) is 0.857. The molecule has 0 aromatic heterocycles. The van der Waals surface area contributed by atoms with E-state index in [0.717, 1.165) is 19.5 Å². The van der Waals surface area contributed by atoms with Gasteiger partial charge in [-0.3, -0.25) is 4.79 Å². The summed E-state index contributed by atoms with van der Waals surface area (Å²) in [7, 11) is 0. The van der Waals surface area contributed by atoms with Crippen molar-refractivity contribution in [1.82, 2.24) is 15.5 Å². The lowest BCUT2D eigenvalue weighted by Gasteiger charge is -2.38. The van der Waals surface area contributed by atoms with Gasteiger partial charge in [-0.15, -0.1) is 0 Å². The van der Waals surface area contributed by atoms with E-state index >= 15 is 0 Å². The van der Waals surface area contributed by atoms with E-state index in [9.17, 15) is 14.7 Å². The summed E-state index contributed by atoms with van der Waals surface area (Å²) in [6.45, 7) is 7.50. The van der Waals surface area contributed by atoms with Crippen molar-refractivity contribution < 1.29 is 14.7 Å². The molecule has 6 nitrogen and oxygen atoms in total. The summed E-state index contributed by atoms with van der Waals surface area (Å²) >= 11 is 0. The lowest BCUT2D eigenvalue weighted by atomic mass is 9.76. The highest BCUT2D eigenvalue weighted by Gasteiger charge is 2.40. The van der Waals surface area contributed by atoms with Gasteiger partial charge in [-0.25, -0.2) is 4.79 Å². The van der Waals surface area contributed by atoms with E-state index in [4.69, 9.17) is 0 Å². The number of rotatable bonds is 7. The monoisotopic (exact) mass is 285 g/mol. The number of nitrogens with zero attached hydrogens (tertiary/aromatic N) is 1. The molecule has 0 unspecified atom stereocenters. The van der Waals surface area contributed by atoms with E-state index in [2.05, 4.69) is 17.6 Å². The van der Waals surface area contributed by atoms with Crippen LogP contribution in [0.3, 0.4) is 0 Å². The van der Waals surface area contributed by atoms with Crippen molar-refractivity contribution in [3.05, 3.63) is 0 Å². The smallest absolute Gasteiger partial charge is 0.317 e. The standard InChI is InChI=1S/C14H27N3O3/c1-3-14(12(18)19)6-10-17(11-7-14)13(20)16-9-5-8-15-4-2/h15H,3-11H2,1-2H3,(H,16,20)(H,18,19). The fourth-order valence-corrected chi connectivity index (χ4v) is 2.55. The molecule has 0 aliphatic carbocycles. The van der Waals surface area contributed by atoms with Gasteiger partial charge in [-0.05, 0) is 38.8 Å². The van der Waals surface area contributed by atoms with Crippen LogP contribution in [0.4, 0.5) is 4.79 Å². The highest BCUT2D eigenvalue weighted by atomic mass is 16.4. The Morgan fingerprint density at radius 3 is 2.35 bits per heavy atom. The summed E-state index contributed by atoms with van der Waals surface area (Å²) in [5.41, 5.74) is -0.637. The molecule has 1 heterocycles. The average molecular weight is 285 g/mol. The van der Waals surface area contributed by atoms with Crippen molar-refractivity contribution in [2.45, 2.75) is 39.5 Å². The van der Waals surface area contributed by atoms with E-state index in [0.29, 0.717) is 38.9 Å². The molecule has 0 atom stereocenters. The van der Waals surface area contributed by atoms with Crippen LogP contribution < -0.4 is 10.6 Å². The molecule has 116 valence electrons. The SMILES string of the molecule is CCNCCCNC(=O)N1CCC(CC)(C(=O)O)CC1. The van der Waals surface area contributed by atoms with Crippen molar-refractivity contribution in [2.24, 2.45) is 5.41 Å². The zero-order valence-electron chi connectivity index (χ0n) is 12.6. The first-order chi connectivity index (χ1) is 9.55. The second-order valence-electron chi connectivity index (χ2n) is 5.37. The van der Waals surface area contributed by atoms with Crippen LogP contribution in [-0.2, 0) is 4.79 Å². The van der Waals surface area contributed by atoms with Crippen LogP contribution in [0, 0.1) is 5.41 Å². The van der Waals surface area contributed by atoms with E-state index in [1.165, 1.54) is 0 Å². The predicted molar refractivity (Wildman–Crippen MR) is 77.7 cm³/mol. The van der Waals surface area contributed by atoms with Crippen molar-refractivity contribution in [2.75, 3.05) is 32.7 Å². The van der Waals surface area contributed by atoms with E-state index in [-0.39, 0.29) is 6.03 Å². The van der Waals surface area contributed by atoms with Gasteiger partial charge in [0.05, 0.1) is 5.41 Å². The third kappa shape index (κ3) is 4.37. The number of carboxylic acids is 1. The molecule has 1 aliphatic rings. The zero-order valence-corrected chi connectivity index (χ0v) is 12.6. The van der Waals surface area contributed by atoms with Crippen LogP contribution in [0.5, 0.6) is 0 Å². The van der Waals surface area contributed by atoms with E-state index in [1.807, 2.05) is 6.92 Å². The van der Waals surface area contributed by atoms with Crippen LogP contribution >= 0.6 is 0 Å². The fourth-order valence-electron chi connectivity index (χ4n) is 2.55. The Labute approximate surface area is 120 Å². The minimum absolute atomic E-state index is 0.0726. The number of piperidine rings is 1. The molecule has 1 rings (SSSR count). The number of nitrogens with one attached hydrogen (secondary N) is 2. The average Bonchev–Trinajstić information content (AvgIpc) is 2.46. The van der Waals surface area contributed by atoms with Crippen molar-refractivity contribution in [1.29, 1.82) is 0 Å². The maximum Gasteiger partial charge on any atom is 0.317 e. The van der Waals surface area contributed by atoms with Gasteiger partial charge in [0.2, 0.25) is 0 Å². The molecule has 0 spiro atoms. The third-order valence-corrected chi connectivity index (χ3v) is 4.19. The van der Waals surface area contributed by atoms with Crippen LogP contribution in [0.2, 0.25) is 0 Å². The highest BCUT2D eigenvalue weighted by molar-refractivity contribution is 5.77. The van der Waals surface area contributed by atoms with Gasteiger partial charge >= 0.3 is 12.0 Å². The summed E-state index contributed by atoms with van der Waals surface area (Å²) in [5.74, 6) is -0.731. The van der Waals surface area contributed by atoms with E-state index < -0.39 is 11.4 Å². The molecule has 0 bridgehead atoms. The molecule has 1 aliphatic heterocycles. The summed E-state index contributed by atoms with van der Waals surface area (Å²) in [5, 5.41) is 15.4.